The highest BCUT2D eigenvalue weighted by atomic mass is 19.1. The van der Waals surface area contributed by atoms with E-state index in [1.807, 2.05) is 38.1 Å². The van der Waals surface area contributed by atoms with Gasteiger partial charge in [-0.3, -0.25) is 4.79 Å². The predicted octanol–water partition coefficient (Wildman–Crippen LogP) is 4.08. The molecule has 1 amide bonds. The molecule has 0 fully saturated rings. The third-order valence-corrected chi connectivity index (χ3v) is 4.17. The molecule has 0 saturated carbocycles. The number of allylic oxidation sites excluding steroid dienone is 4. The Bertz CT molecular complexity index is 1050. The smallest absolute Gasteiger partial charge is 0.226 e. The molecule has 1 aromatic heterocycles. The van der Waals surface area contributed by atoms with E-state index in [0.29, 0.717) is 16.9 Å². The third kappa shape index (κ3) is 6.61. The van der Waals surface area contributed by atoms with Crippen molar-refractivity contribution in [2.45, 2.75) is 20.8 Å². The van der Waals surface area contributed by atoms with Crippen LogP contribution < -0.4 is 22.3 Å². The summed E-state index contributed by atoms with van der Waals surface area (Å²) in [5.74, 6) is 5.44. The van der Waals surface area contributed by atoms with Gasteiger partial charge in [-0.25, -0.2) is 20.2 Å². The number of hydrazine groups is 1. The molecule has 6 N–H and O–H groups in total. The molecule has 1 heterocycles. The highest BCUT2D eigenvalue weighted by Crippen LogP contribution is 2.25. The molecule has 0 spiro atoms. The Morgan fingerprint density at radius 3 is 2.65 bits per heavy atom. The molecule has 0 atom stereocenters. The van der Waals surface area contributed by atoms with Crippen LogP contribution in [0.1, 0.15) is 26.3 Å². The third-order valence-electron chi connectivity index (χ3n) is 4.17. The van der Waals surface area contributed by atoms with Crippen molar-refractivity contribution in [1.82, 2.24) is 10.4 Å². The molecule has 1 aromatic carbocycles. The zero-order valence-electron chi connectivity index (χ0n) is 17.8. The quantitative estimate of drug-likeness (QED) is 0.176. The molecule has 0 unspecified atom stereocenters. The van der Waals surface area contributed by atoms with E-state index in [9.17, 15) is 9.18 Å². The van der Waals surface area contributed by atoms with Crippen LogP contribution in [0, 0.1) is 5.92 Å². The number of carbonyl (C=O) groups excluding carboxylic acids is 1. The standard InChI is InChI=1S/C23H27FN6O/c1-5-7-18(10-15(4)24)28-22(30-26)20-12-17(13-27-21(20)25)16-8-6-9-19(11-16)29-23(31)14(2)3/h5-14H,1,26H2,2-4H3,(H2,25,27)(H,28,30)(H,29,31)/b15-10+,18-7+. The summed E-state index contributed by atoms with van der Waals surface area (Å²) >= 11 is 0. The monoisotopic (exact) mass is 422 g/mol. The van der Waals surface area contributed by atoms with Gasteiger partial charge in [0.25, 0.3) is 0 Å². The average Bonchev–Trinajstić information content (AvgIpc) is 2.72. The number of amides is 1. The highest BCUT2D eigenvalue weighted by molar-refractivity contribution is 6.03. The fourth-order valence-electron chi connectivity index (χ4n) is 2.63. The second kappa shape index (κ2) is 10.8. The Labute approximate surface area is 181 Å². The van der Waals surface area contributed by atoms with Gasteiger partial charge in [-0.1, -0.05) is 38.6 Å². The zero-order valence-corrected chi connectivity index (χ0v) is 17.8. The molecule has 0 aliphatic carbocycles. The summed E-state index contributed by atoms with van der Waals surface area (Å²) in [5, 5.41) is 2.87. The van der Waals surface area contributed by atoms with Crippen LogP contribution >= 0.6 is 0 Å². The van der Waals surface area contributed by atoms with Crippen LogP contribution in [0.3, 0.4) is 0 Å². The first-order chi connectivity index (χ1) is 14.7. The summed E-state index contributed by atoms with van der Waals surface area (Å²) in [7, 11) is 0. The lowest BCUT2D eigenvalue weighted by atomic mass is 10.0. The molecule has 31 heavy (non-hydrogen) atoms. The Morgan fingerprint density at radius 1 is 1.29 bits per heavy atom. The van der Waals surface area contributed by atoms with Gasteiger partial charge >= 0.3 is 0 Å². The summed E-state index contributed by atoms with van der Waals surface area (Å²) < 4.78 is 13.4. The number of aliphatic imine (C=N–C) groups is 1. The van der Waals surface area contributed by atoms with E-state index in [1.54, 1.807) is 12.3 Å². The Morgan fingerprint density at radius 2 is 2.03 bits per heavy atom. The molecular formula is C23H27FN6O. The normalized spacial score (nSPS) is 12.6. The number of carbonyl (C=O) groups is 1. The van der Waals surface area contributed by atoms with Crippen LogP contribution in [0.2, 0.25) is 0 Å². The lowest BCUT2D eigenvalue weighted by molar-refractivity contribution is -0.118. The summed E-state index contributed by atoms with van der Waals surface area (Å²) in [6.07, 6.45) is 5.88. The second-order valence-electron chi connectivity index (χ2n) is 7.04. The van der Waals surface area contributed by atoms with Gasteiger partial charge in [0.2, 0.25) is 5.91 Å². The maximum atomic E-state index is 13.4. The van der Waals surface area contributed by atoms with Gasteiger partial charge in [0.05, 0.1) is 17.1 Å². The first-order valence-corrected chi connectivity index (χ1v) is 9.64. The van der Waals surface area contributed by atoms with Crippen molar-refractivity contribution in [2.24, 2.45) is 16.8 Å². The van der Waals surface area contributed by atoms with Crippen LogP contribution in [0.25, 0.3) is 11.1 Å². The molecular weight excluding hydrogens is 395 g/mol. The average molecular weight is 423 g/mol. The van der Waals surface area contributed by atoms with Crippen molar-refractivity contribution in [3.63, 3.8) is 0 Å². The van der Waals surface area contributed by atoms with Gasteiger partial charge in [0, 0.05) is 23.4 Å². The van der Waals surface area contributed by atoms with E-state index < -0.39 is 5.83 Å². The molecule has 0 aliphatic heterocycles. The van der Waals surface area contributed by atoms with Crippen LogP contribution in [0.5, 0.6) is 0 Å². The maximum Gasteiger partial charge on any atom is 0.226 e. The maximum absolute atomic E-state index is 13.4. The lowest BCUT2D eigenvalue weighted by Gasteiger charge is -2.12. The summed E-state index contributed by atoms with van der Waals surface area (Å²) in [4.78, 5) is 20.6. The van der Waals surface area contributed by atoms with E-state index in [2.05, 4.69) is 27.3 Å². The molecule has 8 heteroatoms. The number of benzene rings is 1. The topological polar surface area (TPSA) is 118 Å². The number of nitrogen functional groups attached to an aromatic ring is 1. The van der Waals surface area contributed by atoms with Gasteiger partial charge in [-0.2, -0.15) is 0 Å². The Kier molecular flexibility index (Phi) is 8.22. The number of hydrogen-bond acceptors (Lipinski definition) is 5. The summed E-state index contributed by atoms with van der Waals surface area (Å²) in [6, 6.07) is 9.12. The molecule has 0 saturated heterocycles. The molecule has 162 valence electrons. The number of hydrogen-bond donors (Lipinski definition) is 4. The van der Waals surface area contributed by atoms with Crippen LogP contribution in [0.15, 0.2) is 77.9 Å². The minimum Gasteiger partial charge on any atom is -0.383 e. The lowest BCUT2D eigenvalue weighted by Crippen LogP contribution is -2.32. The summed E-state index contributed by atoms with van der Waals surface area (Å²) in [5.41, 5.74) is 11.5. The van der Waals surface area contributed by atoms with Crippen molar-refractivity contribution in [3.8, 4) is 11.1 Å². The van der Waals surface area contributed by atoms with Gasteiger partial charge in [0.1, 0.15) is 5.82 Å². The van der Waals surface area contributed by atoms with Crippen molar-refractivity contribution in [2.75, 3.05) is 11.1 Å². The first-order valence-electron chi connectivity index (χ1n) is 9.64. The van der Waals surface area contributed by atoms with Crippen molar-refractivity contribution < 1.29 is 9.18 Å². The highest BCUT2D eigenvalue weighted by Gasteiger charge is 2.12. The van der Waals surface area contributed by atoms with E-state index in [-0.39, 0.29) is 23.5 Å². The number of aromatic nitrogens is 1. The van der Waals surface area contributed by atoms with E-state index in [1.165, 1.54) is 25.2 Å². The second-order valence-corrected chi connectivity index (χ2v) is 7.04. The number of halogens is 1. The number of amidine groups is 1. The zero-order chi connectivity index (χ0) is 23.0. The van der Waals surface area contributed by atoms with Crippen molar-refractivity contribution in [1.29, 1.82) is 0 Å². The molecule has 0 bridgehead atoms. The minimum atomic E-state index is -0.423. The van der Waals surface area contributed by atoms with E-state index in [4.69, 9.17) is 11.6 Å². The fourth-order valence-corrected chi connectivity index (χ4v) is 2.63. The number of pyridine rings is 1. The van der Waals surface area contributed by atoms with E-state index in [0.717, 1.165) is 11.1 Å². The molecule has 2 aromatic rings. The molecule has 2 rings (SSSR count). The largest absolute Gasteiger partial charge is 0.383 e. The van der Waals surface area contributed by atoms with Crippen molar-refractivity contribution in [3.05, 3.63) is 78.4 Å². The number of nitrogens with two attached hydrogens (primary N) is 2. The molecule has 0 radical (unpaired) electrons. The minimum absolute atomic E-state index is 0.0761. The van der Waals surface area contributed by atoms with Crippen LogP contribution in [-0.4, -0.2) is 16.7 Å². The van der Waals surface area contributed by atoms with Gasteiger partial charge in [-0.15, -0.1) is 0 Å². The number of anilines is 2. The number of rotatable bonds is 7. The van der Waals surface area contributed by atoms with Crippen LogP contribution in [0.4, 0.5) is 15.9 Å². The van der Waals surface area contributed by atoms with Crippen LogP contribution in [-0.2, 0) is 4.79 Å². The van der Waals surface area contributed by atoms with E-state index >= 15 is 0 Å². The van der Waals surface area contributed by atoms with Gasteiger partial charge in [0.15, 0.2) is 5.84 Å². The van der Waals surface area contributed by atoms with Crippen molar-refractivity contribution >= 4 is 23.2 Å². The fraction of sp³-hybridized carbons (Fsp3) is 0.174. The molecule has 0 aliphatic rings. The summed E-state index contributed by atoms with van der Waals surface area (Å²) in [6.45, 7) is 8.57. The predicted molar refractivity (Wildman–Crippen MR) is 125 cm³/mol. The molecule has 7 nitrogen and oxygen atoms in total. The number of nitrogens with zero attached hydrogens (tertiary/aromatic N) is 2. The first kappa shape index (κ1) is 23.5. The van der Waals surface area contributed by atoms with Gasteiger partial charge in [-0.05, 0) is 42.8 Å². The Balaban J connectivity index is 2.49. The SMILES string of the molecule is C=C/C=C(\C=C(/C)F)N=C(NN)c1cc(-c2cccc(NC(=O)C(C)C)c2)cnc1N. The van der Waals surface area contributed by atoms with Gasteiger partial charge < -0.3 is 16.5 Å². The number of nitrogens with one attached hydrogen (secondary N) is 2. The Hall–Kier alpha value is -3.78.